The lowest BCUT2D eigenvalue weighted by Crippen LogP contribution is -2.24. The van der Waals surface area contributed by atoms with Crippen LogP contribution in [0.2, 0.25) is 0 Å². The van der Waals surface area contributed by atoms with Gasteiger partial charge in [-0.05, 0) is 19.8 Å². The maximum absolute atomic E-state index is 8.62. The zero-order valence-electron chi connectivity index (χ0n) is 7.21. The number of hydrogen-bond donors (Lipinski definition) is 2. The Morgan fingerprint density at radius 2 is 2.18 bits per heavy atom. The highest BCUT2D eigenvalue weighted by molar-refractivity contribution is 5.85. The van der Waals surface area contributed by atoms with Gasteiger partial charge in [-0.3, -0.25) is 0 Å². The molecule has 68 valence electrons. The monoisotopic (exact) mass is 179 g/mol. The van der Waals surface area contributed by atoms with Crippen molar-refractivity contribution < 1.29 is 5.11 Å². The molecule has 1 unspecified atom stereocenters. The number of allylic oxidation sites excluding steroid dienone is 1. The van der Waals surface area contributed by atoms with Crippen molar-refractivity contribution in [3.05, 3.63) is 11.6 Å². The number of rotatable bonds is 4. The third-order valence-electron chi connectivity index (χ3n) is 1.62. The molecule has 0 radical (unpaired) electrons. The summed E-state index contributed by atoms with van der Waals surface area (Å²) in [5, 5.41) is 8.62. The van der Waals surface area contributed by atoms with E-state index >= 15 is 0 Å². The van der Waals surface area contributed by atoms with Gasteiger partial charge in [0, 0.05) is 6.04 Å². The van der Waals surface area contributed by atoms with Gasteiger partial charge in [0.1, 0.15) is 0 Å². The Morgan fingerprint density at radius 3 is 2.45 bits per heavy atom. The molecule has 1 atom stereocenters. The molecule has 11 heavy (non-hydrogen) atoms. The molecule has 0 aliphatic carbocycles. The van der Waals surface area contributed by atoms with E-state index in [0.29, 0.717) is 0 Å². The van der Waals surface area contributed by atoms with Crippen molar-refractivity contribution in [2.45, 2.75) is 32.7 Å². The Bertz CT molecular complexity index is 115. The molecule has 0 aliphatic heterocycles. The van der Waals surface area contributed by atoms with Gasteiger partial charge in [0.05, 0.1) is 6.61 Å². The van der Waals surface area contributed by atoms with Crippen LogP contribution in [0.15, 0.2) is 11.6 Å². The Kier molecular flexibility index (Phi) is 9.90. The van der Waals surface area contributed by atoms with Crippen LogP contribution in [0.3, 0.4) is 0 Å². The predicted molar refractivity (Wildman–Crippen MR) is 51.0 cm³/mol. The number of halogens is 1. The Morgan fingerprint density at radius 1 is 1.64 bits per heavy atom. The Balaban J connectivity index is 0. The van der Waals surface area contributed by atoms with Crippen molar-refractivity contribution in [2.75, 3.05) is 6.61 Å². The quantitative estimate of drug-likeness (QED) is 0.643. The summed E-state index contributed by atoms with van der Waals surface area (Å²) in [5.41, 5.74) is 6.86. The summed E-state index contributed by atoms with van der Waals surface area (Å²) in [6, 6.07) is -0.0776. The molecule has 0 aromatic carbocycles. The molecule has 0 saturated heterocycles. The van der Waals surface area contributed by atoms with Crippen LogP contribution in [0.25, 0.3) is 0 Å². The fraction of sp³-hybridized carbons (Fsp3) is 0.750. The zero-order valence-corrected chi connectivity index (χ0v) is 8.03. The van der Waals surface area contributed by atoms with Gasteiger partial charge >= 0.3 is 0 Å². The van der Waals surface area contributed by atoms with Gasteiger partial charge in [0.25, 0.3) is 0 Å². The van der Waals surface area contributed by atoms with E-state index in [1.54, 1.807) is 0 Å². The molecule has 0 aromatic heterocycles. The fourth-order valence-corrected chi connectivity index (χ4v) is 0.868. The van der Waals surface area contributed by atoms with Crippen LogP contribution in [0.4, 0.5) is 0 Å². The van der Waals surface area contributed by atoms with Gasteiger partial charge in [-0.15, -0.1) is 12.4 Å². The standard InChI is InChI=1S/C8H17NO.ClH/c1-3-7(4-2)5-8(9)6-10;/h3,8,10H,4-6,9H2,1-2H3;1H/b7-3+;. The van der Waals surface area contributed by atoms with Crippen molar-refractivity contribution in [3.8, 4) is 0 Å². The Labute approximate surface area is 74.9 Å². The summed E-state index contributed by atoms with van der Waals surface area (Å²) in [5.74, 6) is 0. The molecule has 3 heteroatoms. The molecule has 0 spiro atoms. The second-order valence-electron chi connectivity index (χ2n) is 2.45. The van der Waals surface area contributed by atoms with Crippen LogP contribution in [0, 0.1) is 0 Å². The molecule has 0 rings (SSSR count). The van der Waals surface area contributed by atoms with E-state index in [2.05, 4.69) is 13.0 Å². The SMILES string of the molecule is C/C=C(\CC)CC(N)CO.Cl. The van der Waals surface area contributed by atoms with Crippen LogP contribution >= 0.6 is 12.4 Å². The Hall–Kier alpha value is -0.0500. The second-order valence-corrected chi connectivity index (χ2v) is 2.45. The highest BCUT2D eigenvalue weighted by Gasteiger charge is 2.01. The van der Waals surface area contributed by atoms with E-state index in [4.69, 9.17) is 10.8 Å². The number of hydrogen-bond acceptors (Lipinski definition) is 2. The summed E-state index contributed by atoms with van der Waals surface area (Å²) >= 11 is 0. The van der Waals surface area contributed by atoms with Crippen molar-refractivity contribution in [1.29, 1.82) is 0 Å². The lowest BCUT2D eigenvalue weighted by Gasteiger charge is -2.08. The third-order valence-corrected chi connectivity index (χ3v) is 1.62. The third kappa shape index (κ3) is 6.35. The molecule has 0 amide bonds. The minimum Gasteiger partial charge on any atom is -0.395 e. The van der Waals surface area contributed by atoms with E-state index in [1.165, 1.54) is 5.57 Å². The van der Waals surface area contributed by atoms with Crippen LogP contribution in [0.1, 0.15) is 26.7 Å². The average molecular weight is 180 g/mol. The number of aliphatic hydroxyl groups is 1. The molecule has 0 aliphatic rings. The smallest absolute Gasteiger partial charge is 0.0585 e. The first-order chi connectivity index (χ1) is 4.74. The van der Waals surface area contributed by atoms with E-state index < -0.39 is 0 Å². The predicted octanol–water partition coefficient (Wildman–Crippen LogP) is 1.47. The largest absolute Gasteiger partial charge is 0.395 e. The number of aliphatic hydroxyl groups excluding tert-OH is 1. The molecule has 0 bridgehead atoms. The highest BCUT2D eigenvalue weighted by atomic mass is 35.5. The normalized spacial score (nSPS) is 14.0. The van der Waals surface area contributed by atoms with E-state index in [9.17, 15) is 0 Å². The van der Waals surface area contributed by atoms with E-state index in [1.807, 2.05) is 6.92 Å². The molecule has 3 N–H and O–H groups in total. The van der Waals surface area contributed by atoms with Gasteiger partial charge in [-0.2, -0.15) is 0 Å². The van der Waals surface area contributed by atoms with E-state index in [0.717, 1.165) is 12.8 Å². The minimum absolute atomic E-state index is 0. The second kappa shape index (κ2) is 8.05. The first kappa shape index (κ1) is 13.5. The topological polar surface area (TPSA) is 46.2 Å². The number of nitrogens with two attached hydrogens (primary N) is 1. The molecule has 0 fully saturated rings. The van der Waals surface area contributed by atoms with Crippen molar-refractivity contribution in [1.82, 2.24) is 0 Å². The van der Waals surface area contributed by atoms with Gasteiger partial charge in [-0.1, -0.05) is 18.6 Å². The van der Waals surface area contributed by atoms with E-state index in [-0.39, 0.29) is 25.1 Å². The average Bonchev–Trinajstić information content (AvgIpc) is 1.99. The van der Waals surface area contributed by atoms with Crippen LogP contribution in [-0.4, -0.2) is 17.8 Å². The molecule has 2 nitrogen and oxygen atoms in total. The lowest BCUT2D eigenvalue weighted by atomic mass is 10.1. The summed E-state index contributed by atoms with van der Waals surface area (Å²) in [7, 11) is 0. The van der Waals surface area contributed by atoms with Crippen molar-refractivity contribution >= 4 is 12.4 Å². The van der Waals surface area contributed by atoms with Crippen LogP contribution < -0.4 is 5.73 Å². The molecular formula is C8H18ClNO. The maximum atomic E-state index is 8.62. The molecule has 0 aromatic rings. The lowest BCUT2D eigenvalue weighted by molar-refractivity contribution is 0.264. The summed E-state index contributed by atoms with van der Waals surface area (Å²) in [6.07, 6.45) is 3.92. The van der Waals surface area contributed by atoms with Crippen molar-refractivity contribution in [2.24, 2.45) is 5.73 Å². The van der Waals surface area contributed by atoms with Crippen molar-refractivity contribution in [3.63, 3.8) is 0 Å². The van der Waals surface area contributed by atoms with Crippen LogP contribution in [-0.2, 0) is 0 Å². The summed E-state index contributed by atoms with van der Waals surface area (Å²) in [4.78, 5) is 0. The highest BCUT2D eigenvalue weighted by Crippen LogP contribution is 2.07. The van der Waals surface area contributed by atoms with Gasteiger partial charge in [-0.25, -0.2) is 0 Å². The molecule has 0 saturated carbocycles. The minimum atomic E-state index is -0.0776. The zero-order chi connectivity index (χ0) is 7.98. The van der Waals surface area contributed by atoms with Gasteiger partial charge in [0.2, 0.25) is 0 Å². The van der Waals surface area contributed by atoms with Gasteiger partial charge in [0.15, 0.2) is 0 Å². The molecular weight excluding hydrogens is 162 g/mol. The maximum Gasteiger partial charge on any atom is 0.0585 e. The van der Waals surface area contributed by atoms with Crippen LogP contribution in [0.5, 0.6) is 0 Å². The summed E-state index contributed by atoms with van der Waals surface area (Å²) < 4.78 is 0. The molecule has 0 heterocycles. The first-order valence-electron chi connectivity index (χ1n) is 3.75. The first-order valence-corrected chi connectivity index (χ1v) is 3.75. The summed E-state index contributed by atoms with van der Waals surface area (Å²) in [6.45, 7) is 4.18. The fourth-order valence-electron chi connectivity index (χ4n) is 0.868. The van der Waals surface area contributed by atoms with Gasteiger partial charge < -0.3 is 10.8 Å².